The number of hydrogen-bond donors (Lipinski definition) is 0. The number of rotatable bonds is 2. The molecular formula is C9H12O. The molecule has 0 aliphatic rings. The molecule has 0 radical (unpaired) electrons. The number of allylic oxidation sites excluding steroid dienone is 1. The summed E-state index contributed by atoms with van der Waals surface area (Å²) in [7, 11) is 0. The van der Waals surface area contributed by atoms with Crippen molar-refractivity contribution < 1.29 is 4.42 Å². The largest absolute Gasteiger partial charge is 0.465 e. The van der Waals surface area contributed by atoms with Gasteiger partial charge in [-0.25, -0.2) is 0 Å². The van der Waals surface area contributed by atoms with E-state index in [-0.39, 0.29) is 0 Å². The van der Waals surface area contributed by atoms with Gasteiger partial charge in [-0.15, -0.1) is 0 Å². The first-order chi connectivity index (χ1) is 4.72. The van der Waals surface area contributed by atoms with E-state index in [2.05, 4.69) is 20.4 Å². The third-order valence-corrected chi connectivity index (χ3v) is 1.53. The van der Waals surface area contributed by atoms with Crippen LogP contribution in [0, 0.1) is 5.92 Å². The Hall–Kier alpha value is -0.980. The fourth-order valence-corrected chi connectivity index (χ4v) is 0.746. The summed E-state index contributed by atoms with van der Waals surface area (Å²) < 4.78 is 5.16. The van der Waals surface area contributed by atoms with Crippen LogP contribution in [0.5, 0.6) is 0 Å². The zero-order valence-electron chi connectivity index (χ0n) is 6.42. The van der Waals surface area contributed by atoms with E-state index < -0.39 is 0 Å². The maximum Gasteiger partial charge on any atom is 0.129 e. The molecule has 0 saturated carbocycles. The predicted octanol–water partition coefficient (Wildman–Crippen LogP) is 2.95. The van der Waals surface area contributed by atoms with Crippen LogP contribution >= 0.6 is 0 Å². The van der Waals surface area contributed by atoms with Crippen molar-refractivity contribution in [3.8, 4) is 0 Å². The lowest BCUT2D eigenvalue weighted by molar-refractivity contribution is 0.545. The van der Waals surface area contributed by atoms with Crippen molar-refractivity contribution in [2.75, 3.05) is 0 Å². The van der Waals surface area contributed by atoms with Crippen LogP contribution in [-0.2, 0) is 0 Å². The van der Waals surface area contributed by atoms with Crippen LogP contribution in [0.4, 0.5) is 0 Å². The van der Waals surface area contributed by atoms with Crippen LogP contribution in [0.15, 0.2) is 29.4 Å². The lowest BCUT2D eigenvalue weighted by Crippen LogP contribution is -1.88. The van der Waals surface area contributed by atoms with E-state index in [0.29, 0.717) is 5.92 Å². The average Bonchev–Trinajstić information content (AvgIpc) is 2.36. The van der Waals surface area contributed by atoms with Gasteiger partial charge in [0.1, 0.15) is 5.76 Å². The van der Waals surface area contributed by atoms with Gasteiger partial charge in [-0.2, -0.15) is 0 Å². The molecular weight excluding hydrogens is 124 g/mol. The molecule has 0 saturated heterocycles. The van der Waals surface area contributed by atoms with E-state index in [1.165, 1.54) is 0 Å². The van der Waals surface area contributed by atoms with Gasteiger partial charge in [0.2, 0.25) is 0 Å². The highest BCUT2D eigenvalue weighted by atomic mass is 16.3. The van der Waals surface area contributed by atoms with E-state index >= 15 is 0 Å². The molecule has 0 unspecified atom stereocenters. The lowest BCUT2D eigenvalue weighted by Gasteiger charge is -2.03. The number of furan rings is 1. The minimum Gasteiger partial charge on any atom is -0.465 e. The molecule has 1 nitrogen and oxygen atoms in total. The highest BCUT2D eigenvalue weighted by molar-refractivity contribution is 5.59. The zero-order valence-corrected chi connectivity index (χ0v) is 6.42. The Morgan fingerprint density at radius 2 is 2.30 bits per heavy atom. The van der Waals surface area contributed by atoms with Crippen LogP contribution < -0.4 is 0 Å². The fourth-order valence-electron chi connectivity index (χ4n) is 0.746. The van der Waals surface area contributed by atoms with E-state index in [1.54, 1.807) is 6.26 Å². The summed E-state index contributed by atoms with van der Waals surface area (Å²) in [6.45, 7) is 8.11. The van der Waals surface area contributed by atoms with Gasteiger partial charge < -0.3 is 4.42 Å². The fraction of sp³-hybridized carbons (Fsp3) is 0.333. The Kier molecular flexibility index (Phi) is 1.95. The van der Waals surface area contributed by atoms with Crippen LogP contribution in [0.25, 0.3) is 5.57 Å². The molecule has 0 N–H and O–H groups in total. The van der Waals surface area contributed by atoms with Crippen molar-refractivity contribution >= 4 is 5.57 Å². The first-order valence-electron chi connectivity index (χ1n) is 3.44. The molecule has 0 atom stereocenters. The van der Waals surface area contributed by atoms with Gasteiger partial charge in [-0.05, 0) is 23.6 Å². The van der Waals surface area contributed by atoms with Crippen molar-refractivity contribution in [2.45, 2.75) is 13.8 Å². The monoisotopic (exact) mass is 136 g/mol. The van der Waals surface area contributed by atoms with Crippen LogP contribution in [0.3, 0.4) is 0 Å². The summed E-state index contributed by atoms with van der Waals surface area (Å²) in [6.07, 6.45) is 1.67. The molecule has 0 bridgehead atoms. The molecule has 0 aliphatic heterocycles. The Labute approximate surface area is 61.4 Å². The first-order valence-corrected chi connectivity index (χ1v) is 3.44. The van der Waals surface area contributed by atoms with E-state index in [9.17, 15) is 0 Å². The molecule has 0 amide bonds. The van der Waals surface area contributed by atoms with Gasteiger partial charge in [-0.3, -0.25) is 0 Å². The Balaban J connectivity index is 2.78. The summed E-state index contributed by atoms with van der Waals surface area (Å²) in [6, 6.07) is 3.81. The topological polar surface area (TPSA) is 13.1 Å². The quantitative estimate of drug-likeness (QED) is 0.609. The average molecular weight is 136 g/mol. The summed E-state index contributed by atoms with van der Waals surface area (Å²) in [5.41, 5.74) is 1.06. The van der Waals surface area contributed by atoms with Crippen molar-refractivity contribution in [3.05, 3.63) is 30.7 Å². The van der Waals surface area contributed by atoms with Gasteiger partial charge in [0.25, 0.3) is 0 Å². The molecule has 1 rings (SSSR count). The van der Waals surface area contributed by atoms with Gasteiger partial charge in [0.15, 0.2) is 0 Å². The van der Waals surface area contributed by atoms with E-state index in [1.807, 2.05) is 12.1 Å². The van der Waals surface area contributed by atoms with Crippen molar-refractivity contribution in [2.24, 2.45) is 5.92 Å². The Bertz CT molecular complexity index is 207. The van der Waals surface area contributed by atoms with Crippen molar-refractivity contribution in [1.82, 2.24) is 0 Å². The van der Waals surface area contributed by atoms with Gasteiger partial charge >= 0.3 is 0 Å². The third kappa shape index (κ3) is 1.29. The van der Waals surface area contributed by atoms with Crippen LogP contribution in [0.2, 0.25) is 0 Å². The van der Waals surface area contributed by atoms with Crippen LogP contribution in [-0.4, -0.2) is 0 Å². The summed E-state index contributed by atoms with van der Waals surface area (Å²) in [5, 5.41) is 0. The molecule has 54 valence electrons. The summed E-state index contributed by atoms with van der Waals surface area (Å²) >= 11 is 0. The van der Waals surface area contributed by atoms with Gasteiger partial charge in [0, 0.05) is 0 Å². The third-order valence-electron chi connectivity index (χ3n) is 1.53. The molecule has 0 aromatic carbocycles. The lowest BCUT2D eigenvalue weighted by atomic mass is 10.0. The highest BCUT2D eigenvalue weighted by Gasteiger charge is 2.04. The smallest absolute Gasteiger partial charge is 0.129 e. The molecule has 0 aliphatic carbocycles. The second-order valence-electron chi connectivity index (χ2n) is 2.66. The predicted molar refractivity (Wildman–Crippen MR) is 42.6 cm³/mol. The second-order valence-corrected chi connectivity index (χ2v) is 2.66. The normalized spacial score (nSPS) is 10.3. The standard InChI is InChI=1S/C9H12O/c1-7(2)8(3)9-5-4-6-10-9/h4-7H,3H2,1-2H3. The zero-order chi connectivity index (χ0) is 7.56. The van der Waals surface area contributed by atoms with Gasteiger partial charge in [-0.1, -0.05) is 20.4 Å². The van der Waals surface area contributed by atoms with E-state index in [0.717, 1.165) is 11.3 Å². The molecule has 10 heavy (non-hydrogen) atoms. The Morgan fingerprint density at radius 3 is 2.70 bits per heavy atom. The summed E-state index contributed by atoms with van der Waals surface area (Å²) in [4.78, 5) is 0. The minimum atomic E-state index is 0.464. The molecule has 1 heteroatoms. The van der Waals surface area contributed by atoms with Crippen molar-refractivity contribution in [3.63, 3.8) is 0 Å². The first kappa shape index (κ1) is 7.13. The molecule has 1 aromatic heterocycles. The van der Waals surface area contributed by atoms with Gasteiger partial charge in [0.05, 0.1) is 6.26 Å². The Morgan fingerprint density at radius 1 is 1.60 bits per heavy atom. The minimum absolute atomic E-state index is 0.464. The maximum atomic E-state index is 5.16. The molecule has 1 aromatic rings. The van der Waals surface area contributed by atoms with Crippen molar-refractivity contribution in [1.29, 1.82) is 0 Å². The second kappa shape index (κ2) is 2.74. The number of hydrogen-bond acceptors (Lipinski definition) is 1. The molecule has 0 fully saturated rings. The SMILES string of the molecule is C=C(c1ccco1)C(C)C. The molecule has 0 spiro atoms. The van der Waals surface area contributed by atoms with E-state index in [4.69, 9.17) is 4.42 Å². The molecule has 1 heterocycles. The highest BCUT2D eigenvalue weighted by Crippen LogP contribution is 2.20. The summed E-state index contributed by atoms with van der Waals surface area (Å²) in [5.74, 6) is 1.36. The van der Waals surface area contributed by atoms with Crippen LogP contribution in [0.1, 0.15) is 19.6 Å². The maximum absolute atomic E-state index is 5.16.